The second kappa shape index (κ2) is 7.96. The van der Waals surface area contributed by atoms with E-state index in [1.807, 2.05) is 4.90 Å². The van der Waals surface area contributed by atoms with Crippen molar-refractivity contribution < 1.29 is 14.6 Å². The zero-order valence-electron chi connectivity index (χ0n) is 12.6. The number of carbonyl (C=O) groups is 1. The Hall–Kier alpha value is -0.650. The first-order valence-corrected chi connectivity index (χ1v) is 7.95. The van der Waals surface area contributed by atoms with Gasteiger partial charge in [0.25, 0.3) is 0 Å². The molecule has 1 saturated heterocycles. The Balaban J connectivity index is 1.64. The molecule has 0 aromatic heterocycles. The molecule has 2 fully saturated rings. The normalized spacial score (nSPS) is 23.8. The molecule has 1 amide bonds. The number of nitrogens with zero attached hydrogens (tertiary/aromatic N) is 2. The van der Waals surface area contributed by atoms with Gasteiger partial charge in [0.05, 0.1) is 12.2 Å². The van der Waals surface area contributed by atoms with E-state index in [4.69, 9.17) is 4.74 Å². The van der Waals surface area contributed by atoms with Crippen molar-refractivity contribution in [3.63, 3.8) is 0 Å². The molecule has 1 aliphatic carbocycles. The number of hydrogen-bond donors (Lipinski definition) is 1. The fourth-order valence-electron chi connectivity index (χ4n) is 3.07. The van der Waals surface area contributed by atoms with Crippen LogP contribution in [0.15, 0.2) is 0 Å². The molecule has 116 valence electrons. The quantitative estimate of drug-likeness (QED) is 0.813. The van der Waals surface area contributed by atoms with Crippen LogP contribution in [-0.4, -0.2) is 72.4 Å². The van der Waals surface area contributed by atoms with Crippen LogP contribution < -0.4 is 0 Å². The smallest absolute Gasteiger partial charge is 0.248 e. The van der Waals surface area contributed by atoms with Crippen molar-refractivity contribution in [2.24, 2.45) is 0 Å². The molecule has 1 unspecified atom stereocenters. The maximum atomic E-state index is 12.1. The molecule has 0 bridgehead atoms. The van der Waals surface area contributed by atoms with Crippen molar-refractivity contribution in [3.8, 4) is 0 Å². The zero-order valence-corrected chi connectivity index (χ0v) is 12.6. The van der Waals surface area contributed by atoms with Crippen LogP contribution in [0, 0.1) is 0 Å². The number of carbonyl (C=O) groups excluding carboxylic acids is 1. The summed E-state index contributed by atoms with van der Waals surface area (Å²) in [6, 6.07) is 0. The second-order valence-electron chi connectivity index (χ2n) is 6.10. The highest BCUT2D eigenvalue weighted by atomic mass is 16.5. The van der Waals surface area contributed by atoms with Gasteiger partial charge in [0.2, 0.25) is 5.91 Å². The van der Waals surface area contributed by atoms with E-state index in [2.05, 4.69) is 4.90 Å². The number of amides is 1. The van der Waals surface area contributed by atoms with E-state index in [0.29, 0.717) is 12.6 Å². The van der Waals surface area contributed by atoms with Crippen LogP contribution in [0.3, 0.4) is 0 Å². The van der Waals surface area contributed by atoms with E-state index in [1.165, 1.54) is 19.3 Å². The maximum Gasteiger partial charge on any atom is 0.248 e. The third-order valence-corrected chi connectivity index (χ3v) is 4.24. The standard InChI is InChI=1S/C15H28N2O3/c1-13(18)11-16-7-9-17(10-8-16)15(19)12-20-14-5-3-2-4-6-14/h13-14,18H,2-12H2,1H3. The molecule has 1 N–H and O–H groups in total. The summed E-state index contributed by atoms with van der Waals surface area (Å²) in [5.41, 5.74) is 0. The van der Waals surface area contributed by atoms with Crippen LogP contribution in [0.4, 0.5) is 0 Å². The van der Waals surface area contributed by atoms with Crippen LogP contribution in [0.5, 0.6) is 0 Å². The first kappa shape index (κ1) is 15.7. The van der Waals surface area contributed by atoms with Gasteiger partial charge in [-0.25, -0.2) is 0 Å². The highest BCUT2D eigenvalue weighted by molar-refractivity contribution is 5.77. The lowest BCUT2D eigenvalue weighted by Gasteiger charge is -2.35. The van der Waals surface area contributed by atoms with Gasteiger partial charge in [-0.1, -0.05) is 19.3 Å². The van der Waals surface area contributed by atoms with E-state index in [9.17, 15) is 9.90 Å². The Morgan fingerprint density at radius 1 is 1.20 bits per heavy atom. The predicted molar refractivity (Wildman–Crippen MR) is 77.5 cm³/mol. The minimum atomic E-state index is -0.299. The summed E-state index contributed by atoms with van der Waals surface area (Å²) in [6.07, 6.45) is 5.98. The third kappa shape index (κ3) is 5.04. The molecule has 0 radical (unpaired) electrons. The second-order valence-corrected chi connectivity index (χ2v) is 6.10. The number of rotatable bonds is 5. The molecule has 2 aliphatic rings. The zero-order chi connectivity index (χ0) is 14.4. The highest BCUT2D eigenvalue weighted by Gasteiger charge is 2.23. The fourth-order valence-corrected chi connectivity index (χ4v) is 3.07. The van der Waals surface area contributed by atoms with Crippen molar-refractivity contribution in [1.29, 1.82) is 0 Å². The summed E-state index contributed by atoms with van der Waals surface area (Å²) in [7, 11) is 0. The van der Waals surface area contributed by atoms with E-state index in [1.54, 1.807) is 6.92 Å². The van der Waals surface area contributed by atoms with Gasteiger partial charge in [-0.15, -0.1) is 0 Å². The molecule has 1 saturated carbocycles. The lowest BCUT2D eigenvalue weighted by atomic mass is 9.98. The van der Waals surface area contributed by atoms with Crippen molar-refractivity contribution in [3.05, 3.63) is 0 Å². The number of ether oxygens (including phenoxy) is 1. The van der Waals surface area contributed by atoms with Crippen molar-refractivity contribution in [1.82, 2.24) is 9.80 Å². The van der Waals surface area contributed by atoms with Gasteiger partial charge >= 0.3 is 0 Å². The minimum Gasteiger partial charge on any atom is -0.392 e. The number of aliphatic hydroxyl groups is 1. The minimum absolute atomic E-state index is 0.118. The Labute approximate surface area is 121 Å². The molecule has 5 heteroatoms. The number of β-amino-alcohol motifs (C(OH)–C–C–N with tert-alkyl or cyclic N) is 1. The van der Waals surface area contributed by atoms with Gasteiger partial charge in [0.15, 0.2) is 0 Å². The van der Waals surface area contributed by atoms with Gasteiger partial charge in [-0.05, 0) is 19.8 Å². The third-order valence-electron chi connectivity index (χ3n) is 4.24. The first-order valence-electron chi connectivity index (χ1n) is 7.95. The molecular formula is C15H28N2O3. The Bertz CT molecular complexity index is 295. The summed E-state index contributed by atoms with van der Waals surface area (Å²) >= 11 is 0. The fraction of sp³-hybridized carbons (Fsp3) is 0.933. The Morgan fingerprint density at radius 3 is 2.45 bits per heavy atom. The maximum absolute atomic E-state index is 12.1. The van der Waals surface area contributed by atoms with E-state index in [0.717, 1.165) is 39.0 Å². The number of piperazine rings is 1. The number of hydrogen-bond acceptors (Lipinski definition) is 4. The molecule has 1 heterocycles. The predicted octanol–water partition coefficient (Wildman–Crippen LogP) is 0.861. The average molecular weight is 284 g/mol. The van der Waals surface area contributed by atoms with E-state index in [-0.39, 0.29) is 18.6 Å². The molecule has 0 aromatic rings. The van der Waals surface area contributed by atoms with Gasteiger partial charge in [0.1, 0.15) is 6.61 Å². The van der Waals surface area contributed by atoms with Crippen molar-refractivity contribution in [2.45, 2.75) is 51.2 Å². The molecule has 0 aromatic carbocycles. The number of aliphatic hydroxyl groups excluding tert-OH is 1. The molecule has 2 rings (SSSR count). The summed E-state index contributed by atoms with van der Waals surface area (Å²) < 4.78 is 5.74. The lowest BCUT2D eigenvalue weighted by molar-refractivity contribution is -0.140. The molecular weight excluding hydrogens is 256 g/mol. The summed E-state index contributed by atoms with van der Waals surface area (Å²) in [4.78, 5) is 16.2. The van der Waals surface area contributed by atoms with Crippen molar-refractivity contribution >= 4 is 5.91 Å². The van der Waals surface area contributed by atoms with Crippen molar-refractivity contribution in [2.75, 3.05) is 39.3 Å². The Morgan fingerprint density at radius 2 is 1.85 bits per heavy atom. The lowest BCUT2D eigenvalue weighted by Crippen LogP contribution is -2.51. The monoisotopic (exact) mass is 284 g/mol. The molecule has 1 atom stereocenters. The molecule has 1 aliphatic heterocycles. The van der Waals surface area contributed by atoms with Crippen LogP contribution in [-0.2, 0) is 9.53 Å². The van der Waals surface area contributed by atoms with Crippen LogP contribution in [0.1, 0.15) is 39.0 Å². The first-order chi connectivity index (χ1) is 9.65. The summed E-state index contributed by atoms with van der Waals surface area (Å²) in [6.45, 7) is 5.93. The van der Waals surface area contributed by atoms with Gasteiger partial charge in [-0.2, -0.15) is 0 Å². The topological polar surface area (TPSA) is 53.0 Å². The van der Waals surface area contributed by atoms with Gasteiger partial charge < -0.3 is 14.7 Å². The summed E-state index contributed by atoms with van der Waals surface area (Å²) in [5.74, 6) is 0.118. The molecule has 20 heavy (non-hydrogen) atoms. The van der Waals surface area contributed by atoms with E-state index < -0.39 is 0 Å². The van der Waals surface area contributed by atoms with Crippen LogP contribution >= 0.6 is 0 Å². The molecule has 0 spiro atoms. The Kier molecular flexibility index (Phi) is 6.26. The van der Waals surface area contributed by atoms with Crippen LogP contribution in [0.25, 0.3) is 0 Å². The van der Waals surface area contributed by atoms with Gasteiger partial charge in [0, 0.05) is 32.7 Å². The van der Waals surface area contributed by atoms with Crippen LogP contribution in [0.2, 0.25) is 0 Å². The largest absolute Gasteiger partial charge is 0.392 e. The summed E-state index contributed by atoms with van der Waals surface area (Å²) in [5, 5.41) is 9.37. The average Bonchev–Trinajstić information content (AvgIpc) is 2.46. The highest BCUT2D eigenvalue weighted by Crippen LogP contribution is 2.20. The SMILES string of the molecule is CC(O)CN1CCN(C(=O)COC2CCCCC2)CC1. The van der Waals surface area contributed by atoms with E-state index >= 15 is 0 Å². The molecule has 5 nitrogen and oxygen atoms in total. The van der Waals surface area contributed by atoms with Gasteiger partial charge in [-0.3, -0.25) is 9.69 Å².